The van der Waals surface area contributed by atoms with Crippen LogP contribution in [0.3, 0.4) is 0 Å². The first-order chi connectivity index (χ1) is 13.6. The number of hydrogen-bond acceptors (Lipinski definition) is 3. The molecule has 0 radical (unpaired) electrons. The van der Waals surface area contributed by atoms with Crippen molar-refractivity contribution in [2.75, 3.05) is 13.1 Å². The van der Waals surface area contributed by atoms with Crippen molar-refractivity contribution < 1.29 is 9.59 Å². The van der Waals surface area contributed by atoms with Gasteiger partial charge < -0.3 is 10.6 Å². The fourth-order valence-electron chi connectivity index (χ4n) is 3.60. The largest absolute Gasteiger partial charge is 0.352 e. The fourth-order valence-corrected chi connectivity index (χ4v) is 3.60. The number of nitrogens with zero attached hydrogens (tertiary/aromatic N) is 1. The monoisotopic (exact) mass is 379 g/mol. The predicted octanol–water partition coefficient (Wildman–Crippen LogP) is 3.17. The van der Waals surface area contributed by atoms with Crippen molar-refractivity contribution in [3.05, 3.63) is 71.3 Å². The van der Waals surface area contributed by atoms with E-state index in [4.69, 9.17) is 0 Å². The Morgan fingerprint density at radius 2 is 1.61 bits per heavy atom. The molecule has 2 N–H and O–H groups in total. The van der Waals surface area contributed by atoms with Crippen molar-refractivity contribution in [1.29, 1.82) is 0 Å². The molecule has 5 nitrogen and oxygen atoms in total. The second-order valence-electron chi connectivity index (χ2n) is 7.44. The van der Waals surface area contributed by atoms with Gasteiger partial charge in [0.25, 0.3) is 0 Å². The van der Waals surface area contributed by atoms with E-state index in [1.54, 1.807) is 0 Å². The summed E-state index contributed by atoms with van der Waals surface area (Å²) < 4.78 is 0. The van der Waals surface area contributed by atoms with E-state index in [2.05, 4.69) is 39.8 Å². The third-order valence-electron chi connectivity index (χ3n) is 5.09. The van der Waals surface area contributed by atoms with Crippen LogP contribution in [0.15, 0.2) is 54.6 Å². The molecule has 1 aliphatic heterocycles. The molecule has 1 aliphatic rings. The average Bonchev–Trinajstić information content (AvgIpc) is 3.20. The normalized spacial score (nSPS) is 15.2. The lowest BCUT2D eigenvalue weighted by atomic mass is 10.0. The molecule has 5 heteroatoms. The van der Waals surface area contributed by atoms with Crippen LogP contribution in [0.1, 0.15) is 48.9 Å². The van der Waals surface area contributed by atoms with E-state index in [-0.39, 0.29) is 24.3 Å². The Morgan fingerprint density at radius 3 is 2.25 bits per heavy atom. The van der Waals surface area contributed by atoms with Gasteiger partial charge in [0, 0.05) is 20.0 Å². The fraction of sp³-hybridized carbons (Fsp3) is 0.391. The molecule has 1 fully saturated rings. The summed E-state index contributed by atoms with van der Waals surface area (Å²) >= 11 is 0. The maximum atomic E-state index is 12.4. The molecule has 0 aliphatic carbocycles. The minimum absolute atomic E-state index is 0.0799. The first kappa shape index (κ1) is 20.1. The summed E-state index contributed by atoms with van der Waals surface area (Å²) in [5, 5.41) is 5.83. The minimum atomic E-state index is -0.318. The Hall–Kier alpha value is -2.66. The standard InChI is InChI=1S/C23H29N3O2/c1-18(27)25-22(21-7-3-2-4-8-21)15-23(28)24-16-19-9-11-20(12-10-19)17-26-13-5-6-14-26/h2-4,7-12,22H,5-6,13-17H2,1H3,(H,24,28)(H,25,27)/t22-/m1/s1. The molecule has 1 saturated heterocycles. The molecule has 3 rings (SSSR count). The number of nitrogens with one attached hydrogen (secondary N) is 2. The Morgan fingerprint density at radius 1 is 0.964 bits per heavy atom. The third kappa shape index (κ3) is 6.20. The van der Waals surface area contributed by atoms with Gasteiger partial charge in [0.2, 0.25) is 11.8 Å². The van der Waals surface area contributed by atoms with E-state index in [0.29, 0.717) is 6.54 Å². The number of carbonyl (C=O) groups excluding carboxylic acids is 2. The summed E-state index contributed by atoms with van der Waals surface area (Å²) in [7, 11) is 0. The molecule has 0 bridgehead atoms. The highest BCUT2D eigenvalue weighted by atomic mass is 16.2. The molecular formula is C23H29N3O2. The number of amides is 2. The number of carbonyl (C=O) groups is 2. The van der Waals surface area contributed by atoms with Gasteiger partial charge in [-0.05, 0) is 42.6 Å². The summed E-state index contributed by atoms with van der Waals surface area (Å²) in [6.07, 6.45) is 2.82. The number of likely N-dealkylation sites (tertiary alicyclic amines) is 1. The molecule has 2 amide bonds. The zero-order chi connectivity index (χ0) is 19.8. The topological polar surface area (TPSA) is 61.4 Å². The van der Waals surface area contributed by atoms with Gasteiger partial charge in [-0.3, -0.25) is 14.5 Å². The summed E-state index contributed by atoms with van der Waals surface area (Å²) in [4.78, 5) is 26.4. The number of hydrogen-bond donors (Lipinski definition) is 2. The van der Waals surface area contributed by atoms with Gasteiger partial charge in [-0.1, -0.05) is 54.6 Å². The molecule has 148 valence electrons. The van der Waals surface area contributed by atoms with E-state index in [9.17, 15) is 9.59 Å². The predicted molar refractivity (Wildman–Crippen MR) is 110 cm³/mol. The SMILES string of the molecule is CC(=O)N[C@H](CC(=O)NCc1ccc(CN2CCCC2)cc1)c1ccccc1. The second-order valence-corrected chi connectivity index (χ2v) is 7.44. The first-order valence-corrected chi connectivity index (χ1v) is 9.99. The highest BCUT2D eigenvalue weighted by molar-refractivity contribution is 5.79. The molecule has 28 heavy (non-hydrogen) atoms. The van der Waals surface area contributed by atoms with Crippen molar-refractivity contribution in [1.82, 2.24) is 15.5 Å². The molecule has 2 aromatic carbocycles. The lowest BCUT2D eigenvalue weighted by Gasteiger charge is -2.18. The molecular weight excluding hydrogens is 350 g/mol. The Kier molecular flexibility index (Phi) is 7.20. The number of rotatable bonds is 8. The van der Waals surface area contributed by atoms with Crippen LogP contribution in [0.2, 0.25) is 0 Å². The van der Waals surface area contributed by atoms with Crippen molar-refractivity contribution >= 4 is 11.8 Å². The van der Waals surface area contributed by atoms with Gasteiger partial charge in [-0.15, -0.1) is 0 Å². The van der Waals surface area contributed by atoms with Crippen LogP contribution < -0.4 is 10.6 Å². The van der Waals surface area contributed by atoms with E-state index >= 15 is 0 Å². The molecule has 0 aromatic heterocycles. The minimum Gasteiger partial charge on any atom is -0.352 e. The van der Waals surface area contributed by atoms with E-state index in [0.717, 1.165) is 17.7 Å². The van der Waals surface area contributed by atoms with Crippen LogP contribution in [0.4, 0.5) is 0 Å². The molecule has 1 atom stereocenters. The van der Waals surface area contributed by atoms with E-state index < -0.39 is 0 Å². The molecule has 1 heterocycles. The van der Waals surface area contributed by atoms with Crippen molar-refractivity contribution in [2.45, 2.75) is 45.3 Å². The zero-order valence-corrected chi connectivity index (χ0v) is 16.5. The molecule has 0 saturated carbocycles. The first-order valence-electron chi connectivity index (χ1n) is 9.99. The van der Waals surface area contributed by atoms with Gasteiger partial charge in [-0.2, -0.15) is 0 Å². The quantitative estimate of drug-likeness (QED) is 0.741. The van der Waals surface area contributed by atoms with Crippen LogP contribution >= 0.6 is 0 Å². The van der Waals surface area contributed by atoms with Crippen LogP contribution in [0.5, 0.6) is 0 Å². The Labute approximate surface area is 167 Å². The lowest BCUT2D eigenvalue weighted by molar-refractivity contribution is -0.122. The molecule has 0 spiro atoms. The maximum absolute atomic E-state index is 12.4. The van der Waals surface area contributed by atoms with Crippen molar-refractivity contribution in [2.24, 2.45) is 0 Å². The van der Waals surface area contributed by atoms with Gasteiger partial charge in [0.1, 0.15) is 0 Å². The highest BCUT2D eigenvalue weighted by Crippen LogP contribution is 2.17. The van der Waals surface area contributed by atoms with Crippen LogP contribution in [0.25, 0.3) is 0 Å². The summed E-state index contributed by atoms with van der Waals surface area (Å²) in [5.41, 5.74) is 3.32. The van der Waals surface area contributed by atoms with Gasteiger partial charge in [-0.25, -0.2) is 0 Å². The summed E-state index contributed by atoms with van der Waals surface area (Å²) in [6, 6.07) is 17.7. The highest BCUT2D eigenvalue weighted by Gasteiger charge is 2.17. The average molecular weight is 380 g/mol. The van der Waals surface area contributed by atoms with Crippen molar-refractivity contribution in [3.63, 3.8) is 0 Å². The van der Waals surface area contributed by atoms with Crippen LogP contribution in [-0.2, 0) is 22.7 Å². The van der Waals surface area contributed by atoms with Crippen molar-refractivity contribution in [3.8, 4) is 0 Å². The van der Waals surface area contributed by atoms with Gasteiger partial charge >= 0.3 is 0 Å². The van der Waals surface area contributed by atoms with Gasteiger partial charge in [0.15, 0.2) is 0 Å². The van der Waals surface area contributed by atoms with E-state index in [1.807, 2.05) is 30.3 Å². The second kappa shape index (κ2) is 10.0. The Balaban J connectivity index is 1.50. The summed E-state index contributed by atoms with van der Waals surface area (Å²) in [5.74, 6) is -0.223. The third-order valence-corrected chi connectivity index (χ3v) is 5.09. The van der Waals surface area contributed by atoms with Crippen LogP contribution in [-0.4, -0.2) is 29.8 Å². The van der Waals surface area contributed by atoms with Crippen LogP contribution in [0, 0.1) is 0 Å². The van der Waals surface area contributed by atoms with E-state index in [1.165, 1.54) is 38.4 Å². The number of benzene rings is 2. The summed E-state index contributed by atoms with van der Waals surface area (Å²) in [6.45, 7) is 5.34. The smallest absolute Gasteiger partial charge is 0.222 e. The molecule has 0 unspecified atom stereocenters. The van der Waals surface area contributed by atoms with Gasteiger partial charge in [0.05, 0.1) is 12.5 Å². The molecule has 2 aromatic rings. The maximum Gasteiger partial charge on any atom is 0.222 e. The lowest BCUT2D eigenvalue weighted by Crippen LogP contribution is -2.32. The Bertz CT molecular complexity index is 768. The zero-order valence-electron chi connectivity index (χ0n) is 16.5.